The summed E-state index contributed by atoms with van der Waals surface area (Å²) in [5, 5.41) is 3.36. The van der Waals surface area contributed by atoms with Crippen LogP contribution in [0.5, 0.6) is 0 Å². The number of carbonyl (C=O) groups excluding carboxylic acids is 2. The number of benzene rings is 2. The van der Waals surface area contributed by atoms with E-state index in [1.807, 2.05) is 30.3 Å². The van der Waals surface area contributed by atoms with Crippen LogP contribution in [0.15, 0.2) is 53.3 Å². The number of nitrogens with zero attached hydrogens (tertiary/aromatic N) is 1. The van der Waals surface area contributed by atoms with Gasteiger partial charge in [-0.25, -0.2) is 4.79 Å². The molecule has 0 bridgehead atoms. The Morgan fingerprint density at radius 2 is 1.94 bits per heavy atom. The summed E-state index contributed by atoms with van der Waals surface area (Å²) in [5.74, 6) is -0.329. The Bertz CT molecular complexity index is 1200. The number of aromatic nitrogens is 2. The largest absolute Gasteiger partial charge is 0.465 e. The van der Waals surface area contributed by atoms with Crippen molar-refractivity contribution in [1.29, 1.82) is 0 Å². The van der Waals surface area contributed by atoms with Crippen LogP contribution in [0.1, 0.15) is 41.6 Å². The van der Waals surface area contributed by atoms with Gasteiger partial charge < -0.3 is 15.0 Å². The predicted octanol–water partition coefficient (Wildman–Crippen LogP) is 3.55. The molecule has 0 fully saturated rings. The third-order valence-corrected chi connectivity index (χ3v) is 5.49. The van der Waals surface area contributed by atoms with Crippen LogP contribution in [0, 0.1) is 4.77 Å². The van der Waals surface area contributed by atoms with Gasteiger partial charge in [-0.15, -0.1) is 0 Å². The zero-order valence-electron chi connectivity index (χ0n) is 17.5. The summed E-state index contributed by atoms with van der Waals surface area (Å²) in [7, 11) is 1.30. The van der Waals surface area contributed by atoms with Gasteiger partial charge in [-0.2, -0.15) is 0 Å². The van der Waals surface area contributed by atoms with E-state index < -0.39 is 5.97 Å². The van der Waals surface area contributed by atoms with Gasteiger partial charge >= 0.3 is 5.97 Å². The van der Waals surface area contributed by atoms with Crippen LogP contribution in [0.2, 0.25) is 0 Å². The number of esters is 1. The minimum atomic E-state index is -0.488. The fourth-order valence-electron chi connectivity index (χ4n) is 3.35. The first kappa shape index (κ1) is 22.4. The summed E-state index contributed by atoms with van der Waals surface area (Å²) in [6.07, 6.45) is 0.775. The molecule has 0 aliphatic carbocycles. The molecule has 0 saturated carbocycles. The van der Waals surface area contributed by atoms with Gasteiger partial charge in [-0.3, -0.25) is 14.2 Å². The maximum absolute atomic E-state index is 12.8. The number of ether oxygens (including phenoxy) is 1. The summed E-state index contributed by atoms with van der Waals surface area (Å²) in [4.78, 5) is 39.7. The van der Waals surface area contributed by atoms with Crippen LogP contribution in [-0.4, -0.2) is 35.1 Å². The van der Waals surface area contributed by atoms with Crippen LogP contribution in [0.4, 0.5) is 0 Å². The van der Waals surface area contributed by atoms with Gasteiger partial charge in [0.05, 0.1) is 23.6 Å². The van der Waals surface area contributed by atoms with Crippen LogP contribution >= 0.6 is 12.2 Å². The number of hydrogen-bond donors (Lipinski definition) is 2. The molecule has 1 atom stereocenters. The van der Waals surface area contributed by atoms with Gasteiger partial charge in [-0.05, 0) is 48.3 Å². The topological polar surface area (TPSA) is 93.2 Å². The van der Waals surface area contributed by atoms with E-state index in [2.05, 4.69) is 17.2 Å². The molecule has 1 amide bonds. The van der Waals surface area contributed by atoms with Crippen molar-refractivity contribution in [3.05, 3.63) is 74.8 Å². The van der Waals surface area contributed by atoms with Crippen molar-refractivity contribution in [2.24, 2.45) is 0 Å². The van der Waals surface area contributed by atoms with E-state index in [0.717, 1.165) is 0 Å². The van der Waals surface area contributed by atoms with Gasteiger partial charge in [0.2, 0.25) is 5.91 Å². The Labute approximate surface area is 185 Å². The van der Waals surface area contributed by atoms with Gasteiger partial charge in [0.25, 0.3) is 5.56 Å². The molecule has 3 aromatic rings. The second kappa shape index (κ2) is 10.2. The van der Waals surface area contributed by atoms with Crippen LogP contribution in [0.25, 0.3) is 10.9 Å². The molecule has 2 aromatic carbocycles. The molecule has 162 valence electrons. The number of amides is 1. The number of fused-ring (bicyclic) bond motifs is 1. The summed E-state index contributed by atoms with van der Waals surface area (Å²) in [6, 6.07) is 14.7. The van der Waals surface area contributed by atoms with Gasteiger partial charge in [0.1, 0.15) is 0 Å². The second-order valence-corrected chi connectivity index (χ2v) is 7.74. The molecular formula is C23H25N3O4S. The fourth-order valence-corrected chi connectivity index (χ4v) is 3.64. The van der Waals surface area contributed by atoms with E-state index in [9.17, 15) is 14.4 Å². The Balaban J connectivity index is 1.60. The van der Waals surface area contributed by atoms with Gasteiger partial charge in [0.15, 0.2) is 4.77 Å². The summed E-state index contributed by atoms with van der Waals surface area (Å²) in [6.45, 7) is 2.95. The Morgan fingerprint density at radius 3 is 2.65 bits per heavy atom. The van der Waals surface area contributed by atoms with E-state index >= 15 is 0 Å². The first-order valence-electron chi connectivity index (χ1n) is 10.1. The number of hydrogen-bond acceptors (Lipinski definition) is 5. The second-order valence-electron chi connectivity index (χ2n) is 7.36. The van der Waals surface area contributed by atoms with Gasteiger partial charge in [0, 0.05) is 19.5 Å². The van der Waals surface area contributed by atoms with E-state index in [1.54, 1.807) is 12.1 Å². The molecule has 2 N–H and O–H groups in total. The Morgan fingerprint density at radius 1 is 1.19 bits per heavy atom. The van der Waals surface area contributed by atoms with Crippen molar-refractivity contribution in [3.8, 4) is 0 Å². The van der Waals surface area contributed by atoms with Crippen LogP contribution < -0.4 is 10.9 Å². The molecule has 0 radical (unpaired) electrons. The molecule has 0 saturated heterocycles. The van der Waals surface area contributed by atoms with E-state index in [0.29, 0.717) is 42.4 Å². The zero-order valence-corrected chi connectivity index (χ0v) is 18.3. The molecule has 1 unspecified atom stereocenters. The quantitative estimate of drug-likeness (QED) is 0.414. The molecule has 31 heavy (non-hydrogen) atoms. The lowest BCUT2D eigenvalue weighted by atomic mass is 10.0. The lowest BCUT2D eigenvalue weighted by molar-refractivity contribution is -0.121. The maximum Gasteiger partial charge on any atom is 0.337 e. The lowest BCUT2D eigenvalue weighted by Crippen LogP contribution is -2.28. The molecule has 0 aliphatic heterocycles. The lowest BCUT2D eigenvalue weighted by Gasteiger charge is -2.13. The first-order chi connectivity index (χ1) is 14.9. The van der Waals surface area contributed by atoms with E-state index in [1.165, 1.54) is 23.3 Å². The number of methoxy groups -OCH3 is 1. The summed E-state index contributed by atoms with van der Waals surface area (Å²) >= 11 is 5.31. The minimum absolute atomic E-state index is 0.0609. The molecule has 8 heteroatoms. The molecule has 0 spiro atoms. The molecule has 1 aromatic heterocycles. The SMILES string of the molecule is COC(=O)c1ccc2c(=O)n(CCCC(=O)NCC(C)c3ccccc3)c(=S)[nH]c2c1. The Hall–Kier alpha value is -3.26. The maximum atomic E-state index is 12.8. The van der Waals surface area contributed by atoms with E-state index in [-0.39, 0.29) is 22.2 Å². The van der Waals surface area contributed by atoms with Crippen molar-refractivity contribution in [2.45, 2.75) is 32.2 Å². The highest BCUT2D eigenvalue weighted by Gasteiger charge is 2.11. The van der Waals surface area contributed by atoms with Gasteiger partial charge in [-0.1, -0.05) is 37.3 Å². The standard InChI is InChI=1S/C23H25N3O4S/c1-15(16-7-4-3-5-8-16)14-24-20(27)9-6-12-26-21(28)18-11-10-17(22(29)30-2)13-19(18)25-23(26)31/h3-5,7-8,10-11,13,15H,6,9,12,14H2,1-2H3,(H,24,27)(H,25,31). The van der Waals surface area contributed by atoms with Crippen molar-refractivity contribution in [3.63, 3.8) is 0 Å². The molecular weight excluding hydrogens is 414 g/mol. The average Bonchev–Trinajstić information content (AvgIpc) is 2.79. The molecule has 0 aliphatic rings. The van der Waals surface area contributed by atoms with Crippen LogP contribution in [-0.2, 0) is 16.1 Å². The van der Waals surface area contributed by atoms with E-state index in [4.69, 9.17) is 17.0 Å². The third kappa shape index (κ3) is 5.46. The van der Waals surface area contributed by atoms with Crippen LogP contribution in [0.3, 0.4) is 0 Å². The highest BCUT2D eigenvalue weighted by Crippen LogP contribution is 2.14. The normalized spacial score (nSPS) is 11.8. The molecule has 1 heterocycles. The third-order valence-electron chi connectivity index (χ3n) is 5.16. The zero-order chi connectivity index (χ0) is 22.4. The highest BCUT2D eigenvalue weighted by atomic mass is 32.1. The van der Waals surface area contributed by atoms with Crippen molar-refractivity contribution in [1.82, 2.24) is 14.9 Å². The first-order valence-corrected chi connectivity index (χ1v) is 10.5. The fraction of sp³-hybridized carbons (Fsp3) is 0.304. The monoisotopic (exact) mass is 439 g/mol. The van der Waals surface area contributed by atoms with Crippen molar-refractivity contribution >= 4 is 35.0 Å². The summed E-state index contributed by atoms with van der Waals surface area (Å²) in [5.41, 5.74) is 1.72. The number of carbonyl (C=O) groups is 2. The van der Waals surface area contributed by atoms with Crippen molar-refractivity contribution < 1.29 is 14.3 Å². The number of rotatable bonds is 8. The number of aromatic amines is 1. The van der Waals surface area contributed by atoms with Crippen molar-refractivity contribution in [2.75, 3.05) is 13.7 Å². The highest BCUT2D eigenvalue weighted by molar-refractivity contribution is 7.71. The molecule has 7 nitrogen and oxygen atoms in total. The average molecular weight is 440 g/mol. The summed E-state index contributed by atoms with van der Waals surface area (Å²) < 4.78 is 6.39. The minimum Gasteiger partial charge on any atom is -0.465 e. The smallest absolute Gasteiger partial charge is 0.337 e. The molecule has 3 rings (SSSR count). The number of H-pyrrole nitrogens is 1. The number of nitrogens with one attached hydrogen (secondary N) is 2. The Kier molecular flexibility index (Phi) is 7.36. The predicted molar refractivity (Wildman–Crippen MR) is 122 cm³/mol.